The summed E-state index contributed by atoms with van der Waals surface area (Å²) in [5, 5.41) is 13.6. The van der Waals surface area contributed by atoms with Crippen molar-refractivity contribution in [1.82, 2.24) is 10.2 Å². The van der Waals surface area contributed by atoms with Gasteiger partial charge in [0.15, 0.2) is 0 Å². The zero-order valence-electron chi connectivity index (χ0n) is 12.2. The van der Waals surface area contributed by atoms with E-state index < -0.39 is 0 Å². The van der Waals surface area contributed by atoms with E-state index in [1.54, 1.807) is 0 Å². The van der Waals surface area contributed by atoms with E-state index in [4.69, 9.17) is 0 Å². The molecule has 1 rings (SSSR count). The third-order valence-electron chi connectivity index (χ3n) is 4.01. The lowest BCUT2D eigenvalue weighted by Gasteiger charge is -2.38. The van der Waals surface area contributed by atoms with E-state index in [-0.39, 0.29) is 11.5 Å². The monoisotopic (exact) mass is 242 g/mol. The van der Waals surface area contributed by atoms with E-state index in [0.717, 1.165) is 6.54 Å². The summed E-state index contributed by atoms with van der Waals surface area (Å²) >= 11 is 0. The molecule has 3 unspecified atom stereocenters. The minimum Gasteiger partial charge on any atom is -0.391 e. The van der Waals surface area contributed by atoms with Crippen molar-refractivity contribution in [2.75, 3.05) is 26.2 Å². The zero-order chi connectivity index (χ0) is 13.1. The smallest absolute Gasteiger partial charge is 0.0712 e. The molecule has 2 N–H and O–H groups in total. The Morgan fingerprint density at radius 2 is 2.06 bits per heavy atom. The minimum atomic E-state index is -0.265. The molecule has 3 heteroatoms. The molecule has 3 atom stereocenters. The summed E-state index contributed by atoms with van der Waals surface area (Å²) in [6.07, 6.45) is 0.935. The Morgan fingerprint density at radius 3 is 2.53 bits per heavy atom. The minimum absolute atomic E-state index is 0.0274. The lowest BCUT2D eigenvalue weighted by Crippen LogP contribution is -2.50. The Bertz CT molecular complexity index is 225. The van der Waals surface area contributed by atoms with E-state index in [1.807, 2.05) is 0 Å². The van der Waals surface area contributed by atoms with Crippen LogP contribution in [0.5, 0.6) is 0 Å². The molecule has 0 bridgehead atoms. The summed E-state index contributed by atoms with van der Waals surface area (Å²) in [4.78, 5) is 2.50. The number of aliphatic hydroxyl groups is 1. The van der Waals surface area contributed by atoms with Crippen molar-refractivity contribution in [1.29, 1.82) is 0 Å². The van der Waals surface area contributed by atoms with Gasteiger partial charge in [-0.15, -0.1) is 0 Å². The van der Waals surface area contributed by atoms with Crippen LogP contribution in [0.2, 0.25) is 0 Å². The number of piperidine rings is 1. The van der Waals surface area contributed by atoms with Gasteiger partial charge in [0.05, 0.1) is 6.10 Å². The normalized spacial score (nSPS) is 29.3. The Labute approximate surface area is 107 Å². The highest BCUT2D eigenvalue weighted by Gasteiger charge is 2.27. The van der Waals surface area contributed by atoms with Crippen LogP contribution < -0.4 is 5.32 Å². The number of rotatable bonds is 4. The van der Waals surface area contributed by atoms with Crippen molar-refractivity contribution in [2.24, 2.45) is 11.3 Å². The van der Waals surface area contributed by atoms with E-state index in [1.165, 1.54) is 19.5 Å². The van der Waals surface area contributed by atoms with Crippen LogP contribution in [0.3, 0.4) is 0 Å². The predicted molar refractivity (Wildman–Crippen MR) is 73.1 cm³/mol. The summed E-state index contributed by atoms with van der Waals surface area (Å²) in [5.74, 6) is 0.677. The molecule has 0 radical (unpaired) electrons. The van der Waals surface area contributed by atoms with Crippen LogP contribution in [0.4, 0.5) is 0 Å². The molecule has 1 aliphatic heterocycles. The molecule has 0 aromatic carbocycles. The summed E-state index contributed by atoms with van der Waals surface area (Å²) in [5.41, 5.74) is -0.0274. The third-order valence-corrected chi connectivity index (χ3v) is 4.01. The number of likely N-dealkylation sites (tertiary alicyclic amines) is 1. The molecule has 1 aliphatic rings. The fourth-order valence-electron chi connectivity index (χ4n) is 2.39. The second-order valence-corrected chi connectivity index (χ2v) is 6.56. The molecule has 0 aromatic rings. The summed E-state index contributed by atoms with van der Waals surface area (Å²) in [6, 6.07) is 0.565. The van der Waals surface area contributed by atoms with Gasteiger partial charge in [0.1, 0.15) is 0 Å². The molecular weight excluding hydrogens is 212 g/mol. The Kier molecular flexibility index (Phi) is 5.42. The first-order valence-electron chi connectivity index (χ1n) is 6.98. The van der Waals surface area contributed by atoms with Crippen molar-refractivity contribution < 1.29 is 5.11 Å². The Balaban J connectivity index is 2.33. The van der Waals surface area contributed by atoms with Gasteiger partial charge in [0.2, 0.25) is 0 Å². The Hall–Kier alpha value is -0.120. The van der Waals surface area contributed by atoms with Gasteiger partial charge in [-0.3, -0.25) is 0 Å². The van der Waals surface area contributed by atoms with Crippen molar-refractivity contribution in [3.8, 4) is 0 Å². The number of hydrogen-bond acceptors (Lipinski definition) is 3. The highest BCUT2D eigenvalue weighted by molar-refractivity contribution is 4.84. The van der Waals surface area contributed by atoms with E-state index in [9.17, 15) is 5.11 Å². The first kappa shape index (κ1) is 14.9. The number of nitrogens with zero attached hydrogens (tertiary/aromatic N) is 1. The highest BCUT2D eigenvalue weighted by Crippen LogP contribution is 2.20. The van der Waals surface area contributed by atoms with Gasteiger partial charge >= 0.3 is 0 Å². The Morgan fingerprint density at radius 1 is 1.41 bits per heavy atom. The van der Waals surface area contributed by atoms with Crippen LogP contribution in [0.1, 0.15) is 41.0 Å². The SMILES string of the molecule is CCN1CCC(NCC(O)C(C)(C)C)C(C)C1. The van der Waals surface area contributed by atoms with Crippen molar-refractivity contribution >= 4 is 0 Å². The standard InChI is InChI=1S/C14H30N2O/c1-6-16-8-7-12(11(2)10-16)15-9-13(17)14(3,4)5/h11-13,15,17H,6-10H2,1-5H3. The van der Waals surface area contributed by atoms with E-state index in [0.29, 0.717) is 18.5 Å². The van der Waals surface area contributed by atoms with Gasteiger partial charge in [-0.25, -0.2) is 0 Å². The molecule has 102 valence electrons. The van der Waals surface area contributed by atoms with Crippen LogP contribution in [0, 0.1) is 11.3 Å². The van der Waals surface area contributed by atoms with E-state index >= 15 is 0 Å². The maximum atomic E-state index is 10.0. The average molecular weight is 242 g/mol. The fourth-order valence-corrected chi connectivity index (χ4v) is 2.39. The number of nitrogens with one attached hydrogen (secondary N) is 1. The van der Waals surface area contributed by atoms with Gasteiger partial charge in [-0.05, 0) is 30.8 Å². The van der Waals surface area contributed by atoms with Crippen LogP contribution in [-0.2, 0) is 0 Å². The van der Waals surface area contributed by atoms with Crippen LogP contribution in [-0.4, -0.2) is 48.3 Å². The molecule has 3 nitrogen and oxygen atoms in total. The van der Waals surface area contributed by atoms with Crippen molar-refractivity contribution in [3.05, 3.63) is 0 Å². The van der Waals surface area contributed by atoms with Crippen molar-refractivity contribution in [2.45, 2.75) is 53.2 Å². The maximum absolute atomic E-state index is 10.0. The molecule has 0 saturated carbocycles. The molecule has 0 aromatic heterocycles. The van der Waals surface area contributed by atoms with Crippen LogP contribution >= 0.6 is 0 Å². The first-order chi connectivity index (χ1) is 7.84. The second kappa shape index (κ2) is 6.17. The molecule has 1 saturated heterocycles. The van der Waals surface area contributed by atoms with Gasteiger partial charge in [0.25, 0.3) is 0 Å². The van der Waals surface area contributed by atoms with Crippen LogP contribution in [0.15, 0.2) is 0 Å². The van der Waals surface area contributed by atoms with Gasteiger partial charge in [-0.2, -0.15) is 0 Å². The molecule has 0 aliphatic carbocycles. The predicted octanol–water partition coefficient (Wildman–Crippen LogP) is 1.71. The largest absolute Gasteiger partial charge is 0.391 e. The molecule has 0 amide bonds. The topological polar surface area (TPSA) is 35.5 Å². The summed E-state index contributed by atoms with van der Waals surface area (Å²) in [6.45, 7) is 15.0. The van der Waals surface area contributed by atoms with Crippen LogP contribution in [0.25, 0.3) is 0 Å². The lowest BCUT2D eigenvalue weighted by molar-refractivity contribution is 0.0530. The first-order valence-corrected chi connectivity index (χ1v) is 6.98. The quantitative estimate of drug-likeness (QED) is 0.788. The molecular formula is C14H30N2O. The fraction of sp³-hybridized carbons (Fsp3) is 1.00. The molecule has 1 fully saturated rings. The average Bonchev–Trinajstić information content (AvgIpc) is 2.25. The second-order valence-electron chi connectivity index (χ2n) is 6.56. The van der Waals surface area contributed by atoms with Crippen molar-refractivity contribution in [3.63, 3.8) is 0 Å². The zero-order valence-corrected chi connectivity index (χ0v) is 12.2. The summed E-state index contributed by atoms with van der Waals surface area (Å²) < 4.78 is 0. The number of hydrogen-bond donors (Lipinski definition) is 2. The lowest BCUT2D eigenvalue weighted by atomic mass is 9.88. The molecule has 17 heavy (non-hydrogen) atoms. The van der Waals surface area contributed by atoms with E-state index in [2.05, 4.69) is 44.8 Å². The third kappa shape index (κ3) is 4.57. The highest BCUT2D eigenvalue weighted by atomic mass is 16.3. The summed E-state index contributed by atoms with van der Waals surface area (Å²) in [7, 11) is 0. The van der Waals surface area contributed by atoms with Gasteiger partial charge in [0, 0.05) is 19.1 Å². The van der Waals surface area contributed by atoms with Gasteiger partial charge < -0.3 is 15.3 Å². The molecule has 1 heterocycles. The maximum Gasteiger partial charge on any atom is 0.0712 e. The number of aliphatic hydroxyl groups excluding tert-OH is 1. The molecule has 0 spiro atoms. The van der Waals surface area contributed by atoms with Gasteiger partial charge in [-0.1, -0.05) is 34.6 Å².